The fraction of sp³-hybridized carbons (Fsp3) is 0.200. The Labute approximate surface area is 224 Å². The lowest BCUT2D eigenvalue weighted by atomic mass is 9.98. The van der Waals surface area contributed by atoms with E-state index >= 15 is 0 Å². The number of thiophene rings is 1. The third-order valence-electron chi connectivity index (χ3n) is 6.04. The first-order chi connectivity index (χ1) is 18.2. The smallest absolute Gasteiger partial charge is 0.349 e. The van der Waals surface area contributed by atoms with Crippen LogP contribution in [0, 0.1) is 17.7 Å². The standard InChI is InChI=1S/C30H27FN2O4S/c1-19(4-13-27-14-15-28(38-27)16-21-5-10-25(31)11-6-21)33(30(32)35)37-29(34)20(2)22-7-8-24-18-26(36-3)12-9-23(24)17-22/h5-12,14-15,17-20H,16H2,1-3H3,(H2,32,35). The maximum Gasteiger partial charge on any atom is 0.349 e. The van der Waals surface area contributed by atoms with Gasteiger partial charge in [0.15, 0.2) is 0 Å². The molecule has 1 heterocycles. The van der Waals surface area contributed by atoms with Gasteiger partial charge in [-0.2, -0.15) is 0 Å². The van der Waals surface area contributed by atoms with Gasteiger partial charge in [-0.25, -0.2) is 14.0 Å². The molecule has 6 nitrogen and oxygen atoms in total. The number of rotatable bonds is 6. The molecule has 4 rings (SSSR count). The van der Waals surface area contributed by atoms with Crippen molar-refractivity contribution in [1.82, 2.24) is 5.06 Å². The monoisotopic (exact) mass is 530 g/mol. The number of hydroxylamine groups is 2. The molecular formula is C30H27FN2O4S. The maximum atomic E-state index is 13.1. The molecule has 0 aliphatic rings. The summed E-state index contributed by atoms with van der Waals surface area (Å²) < 4.78 is 18.4. The molecule has 2 amide bonds. The molecular weight excluding hydrogens is 503 g/mol. The van der Waals surface area contributed by atoms with Crippen LogP contribution in [0.4, 0.5) is 9.18 Å². The van der Waals surface area contributed by atoms with Crippen LogP contribution < -0.4 is 10.5 Å². The number of primary amides is 1. The largest absolute Gasteiger partial charge is 0.497 e. The predicted molar refractivity (Wildman–Crippen MR) is 146 cm³/mol. The summed E-state index contributed by atoms with van der Waals surface area (Å²) in [4.78, 5) is 32.2. The molecule has 194 valence electrons. The second-order valence-corrected chi connectivity index (χ2v) is 9.95. The molecule has 0 aliphatic heterocycles. The molecule has 0 fully saturated rings. The van der Waals surface area contributed by atoms with Crippen molar-refractivity contribution in [3.8, 4) is 17.6 Å². The van der Waals surface area contributed by atoms with Crippen molar-refractivity contribution in [3.63, 3.8) is 0 Å². The number of halogens is 1. The van der Waals surface area contributed by atoms with Crippen molar-refractivity contribution < 1.29 is 23.6 Å². The fourth-order valence-electron chi connectivity index (χ4n) is 3.84. The number of carbonyl (C=O) groups excluding carboxylic acids is 2. The third kappa shape index (κ3) is 6.50. The average molecular weight is 531 g/mol. The van der Waals surface area contributed by atoms with Crippen molar-refractivity contribution in [1.29, 1.82) is 0 Å². The molecule has 4 aromatic rings. The second-order valence-electron chi connectivity index (χ2n) is 8.78. The lowest BCUT2D eigenvalue weighted by molar-refractivity contribution is -0.181. The Kier molecular flexibility index (Phi) is 8.29. The first-order valence-electron chi connectivity index (χ1n) is 12.0. The Morgan fingerprint density at radius 2 is 1.71 bits per heavy atom. The summed E-state index contributed by atoms with van der Waals surface area (Å²) in [6.07, 6.45) is 0.660. The minimum absolute atomic E-state index is 0.270. The van der Waals surface area contributed by atoms with Gasteiger partial charge in [0.25, 0.3) is 0 Å². The molecule has 0 spiro atoms. The van der Waals surface area contributed by atoms with E-state index in [0.717, 1.165) is 42.5 Å². The normalized spacial score (nSPS) is 12.2. The number of hydrogen-bond acceptors (Lipinski definition) is 5. The minimum atomic E-state index is -0.916. The number of nitrogens with two attached hydrogens (primary N) is 1. The van der Waals surface area contributed by atoms with Gasteiger partial charge in [-0.05, 0) is 72.1 Å². The summed E-state index contributed by atoms with van der Waals surface area (Å²) in [7, 11) is 1.61. The number of carbonyl (C=O) groups is 2. The molecule has 0 saturated heterocycles. The van der Waals surface area contributed by atoms with Gasteiger partial charge in [-0.15, -0.1) is 16.4 Å². The molecule has 0 bridgehead atoms. The van der Waals surface area contributed by atoms with Crippen LogP contribution >= 0.6 is 11.3 Å². The quantitative estimate of drug-likeness (QED) is 0.244. The predicted octanol–water partition coefficient (Wildman–Crippen LogP) is 6.02. The number of ether oxygens (including phenoxy) is 1. The van der Waals surface area contributed by atoms with Gasteiger partial charge in [0, 0.05) is 11.3 Å². The molecule has 38 heavy (non-hydrogen) atoms. The van der Waals surface area contributed by atoms with E-state index in [-0.39, 0.29) is 5.82 Å². The van der Waals surface area contributed by atoms with Crippen molar-refractivity contribution in [2.24, 2.45) is 5.73 Å². The lowest BCUT2D eigenvalue weighted by Crippen LogP contribution is -2.43. The van der Waals surface area contributed by atoms with Crippen molar-refractivity contribution in [2.45, 2.75) is 32.2 Å². The van der Waals surface area contributed by atoms with Crippen molar-refractivity contribution >= 4 is 34.1 Å². The van der Waals surface area contributed by atoms with Gasteiger partial charge < -0.3 is 15.3 Å². The topological polar surface area (TPSA) is 81.9 Å². The van der Waals surface area contributed by atoms with E-state index in [2.05, 4.69) is 11.8 Å². The van der Waals surface area contributed by atoms with Crippen LogP contribution in [0.5, 0.6) is 5.75 Å². The number of methoxy groups -OCH3 is 1. The number of nitrogens with zero attached hydrogens (tertiary/aromatic N) is 1. The first-order valence-corrected chi connectivity index (χ1v) is 12.8. The minimum Gasteiger partial charge on any atom is -0.497 e. The van der Waals surface area contributed by atoms with E-state index in [9.17, 15) is 14.0 Å². The summed E-state index contributed by atoms with van der Waals surface area (Å²) in [5.74, 6) is 5.16. The van der Waals surface area contributed by atoms with Gasteiger partial charge in [0.1, 0.15) is 17.6 Å². The zero-order valence-corrected chi connectivity index (χ0v) is 22.1. The molecule has 0 saturated carbocycles. The number of amides is 2. The van der Waals surface area contributed by atoms with Gasteiger partial charge >= 0.3 is 12.0 Å². The van der Waals surface area contributed by atoms with Gasteiger partial charge in [-0.3, -0.25) is 0 Å². The number of benzene rings is 3. The van der Waals surface area contributed by atoms with E-state index in [1.165, 1.54) is 23.5 Å². The Morgan fingerprint density at radius 3 is 2.42 bits per heavy atom. The average Bonchev–Trinajstić information content (AvgIpc) is 3.37. The number of urea groups is 1. The van der Waals surface area contributed by atoms with Crippen molar-refractivity contribution in [3.05, 3.63) is 99.5 Å². The van der Waals surface area contributed by atoms with Gasteiger partial charge in [0.05, 0.1) is 17.9 Å². The zero-order valence-electron chi connectivity index (χ0n) is 21.2. The summed E-state index contributed by atoms with van der Waals surface area (Å²) in [5.41, 5.74) is 7.23. The molecule has 2 N–H and O–H groups in total. The van der Waals surface area contributed by atoms with E-state index in [1.54, 1.807) is 33.1 Å². The third-order valence-corrected chi connectivity index (χ3v) is 7.04. The van der Waals surface area contributed by atoms with Crippen LogP contribution in [0.15, 0.2) is 72.8 Å². The summed E-state index contributed by atoms with van der Waals surface area (Å²) in [6, 6.07) is 19.8. The van der Waals surface area contributed by atoms with Crippen LogP contribution in [-0.4, -0.2) is 30.2 Å². The summed E-state index contributed by atoms with van der Waals surface area (Å²) >= 11 is 1.50. The Morgan fingerprint density at radius 1 is 1.00 bits per heavy atom. The highest BCUT2D eigenvalue weighted by Crippen LogP contribution is 2.26. The van der Waals surface area contributed by atoms with E-state index < -0.39 is 24.0 Å². The molecule has 2 atom stereocenters. The van der Waals surface area contributed by atoms with E-state index in [0.29, 0.717) is 6.42 Å². The van der Waals surface area contributed by atoms with Crippen molar-refractivity contribution in [2.75, 3.05) is 7.11 Å². The number of hydrogen-bond donors (Lipinski definition) is 1. The maximum absolute atomic E-state index is 13.1. The fourth-order valence-corrected chi connectivity index (χ4v) is 4.75. The summed E-state index contributed by atoms with van der Waals surface area (Å²) in [5, 5.41) is 2.72. The molecule has 0 aliphatic carbocycles. The SMILES string of the molecule is COc1ccc2cc(C(C)C(=O)ON(C(N)=O)C(C)C#Cc3ccc(Cc4ccc(F)cc4)s3)ccc2c1. The molecule has 2 unspecified atom stereocenters. The van der Waals surface area contributed by atoms with Gasteiger partial charge in [0.2, 0.25) is 0 Å². The number of fused-ring (bicyclic) bond motifs is 1. The van der Waals surface area contributed by atoms with E-state index in [4.69, 9.17) is 15.3 Å². The summed E-state index contributed by atoms with van der Waals surface area (Å²) in [6.45, 7) is 3.34. The highest BCUT2D eigenvalue weighted by molar-refractivity contribution is 7.12. The van der Waals surface area contributed by atoms with E-state index in [1.807, 2.05) is 48.5 Å². The van der Waals surface area contributed by atoms with Gasteiger partial charge in [-0.1, -0.05) is 48.2 Å². The Bertz CT molecular complexity index is 1520. The highest BCUT2D eigenvalue weighted by atomic mass is 32.1. The molecule has 0 radical (unpaired) electrons. The molecule has 3 aromatic carbocycles. The Balaban J connectivity index is 1.42. The molecule has 1 aromatic heterocycles. The second kappa shape index (κ2) is 11.8. The molecule has 8 heteroatoms. The van der Waals surface area contributed by atoms with Crippen LogP contribution in [0.1, 0.15) is 40.6 Å². The first kappa shape index (κ1) is 26.7. The van der Waals surface area contributed by atoms with Crippen LogP contribution in [0.3, 0.4) is 0 Å². The van der Waals surface area contributed by atoms with Crippen LogP contribution in [0.25, 0.3) is 10.8 Å². The highest BCUT2D eigenvalue weighted by Gasteiger charge is 2.26. The van der Waals surface area contributed by atoms with Crippen LogP contribution in [0.2, 0.25) is 0 Å². The zero-order chi connectivity index (χ0) is 27.2. The lowest BCUT2D eigenvalue weighted by Gasteiger charge is -2.23. The Hall–Kier alpha value is -4.35. The van der Waals surface area contributed by atoms with Crippen LogP contribution in [-0.2, 0) is 16.1 Å².